The molecule has 0 spiro atoms. The number of hydrogen-bond donors (Lipinski definition) is 1. The molecular weight excluding hydrogens is 308 g/mol. The van der Waals surface area contributed by atoms with Crippen molar-refractivity contribution in [2.45, 2.75) is 13.3 Å². The van der Waals surface area contributed by atoms with E-state index in [0.717, 1.165) is 5.56 Å². The van der Waals surface area contributed by atoms with Crippen LogP contribution in [0, 0.1) is 0 Å². The number of pyridine rings is 1. The predicted molar refractivity (Wildman–Crippen MR) is 89.2 cm³/mol. The number of hydrogen-bond acceptors (Lipinski definition) is 5. The number of benzene rings is 1. The fourth-order valence-electron chi connectivity index (χ4n) is 2.16. The van der Waals surface area contributed by atoms with Crippen molar-refractivity contribution < 1.29 is 19.1 Å². The van der Waals surface area contributed by atoms with E-state index in [9.17, 15) is 9.59 Å². The highest BCUT2D eigenvalue weighted by Crippen LogP contribution is 2.14. The van der Waals surface area contributed by atoms with Gasteiger partial charge in [-0.05, 0) is 43.2 Å². The molecule has 0 saturated heterocycles. The van der Waals surface area contributed by atoms with E-state index >= 15 is 0 Å². The van der Waals surface area contributed by atoms with E-state index in [2.05, 4.69) is 15.0 Å². The Morgan fingerprint density at radius 1 is 1.17 bits per heavy atom. The summed E-state index contributed by atoms with van der Waals surface area (Å²) in [7, 11) is 1.35. The van der Waals surface area contributed by atoms with E-state index in [1.807, 2.05) is 19.1 Å². The maximum Gasteiger partial charge on any atom is 0.337 e. The minimum atomic E-state index is -0.366. The summed E-state index contributed by atoms with van der Waals surface area (Å²) < 4.78 is 10.0. The molecule has 0 atom stereocenters. The van der Waals surface area contributed by atoms with Crippen LogP contribution < -0.4 is 10.1 Å². The van der Waals surface area contributed by atoms with E-state index in [0.29, 0.717) is 36.6 Å². The van der Waals surface area contributed by atoms with Crippen LogP contribution in [-0.2, 0) is 11.2 Å². The summed E-state index contributed by atoms with van der Waals surface area (Å²) in [5.74, 6) is -0.257. The van der Waals surface area contributed by atoms with Gasteiger partial charge in [-0.3, -0.25) is 4.79 Å². The van der Waals surface area contributed by atoms with Crippen molar-refractivity contribution in [2.75, 3.05) is 20.3 Å². The molecule has 1 N–H and O–H groups in total. The van der Waals surface area contributed by atoms with Crippen molar-refractivity contribution in [3.05, 3.63) is 59.3 Å². The molecule has 0 fully saturated rings. The summed E-state index contributed by atoms with van der Waals surface area (Å²) in [6.45, 7) is 2.76. The summed E-state index contributed by atoms with van der Waals surface area (Å²) in [5.41, 5.74) is 1.93. The molecule has 0 aliphatic rings. The van der Waals surface area contributed by atoms with E-state index in [-0.39, 0.29) is 11.9 Å². The molecule has 0 unspecified atom stereocenters. The zero-order valence-electron chi connectivity index (χ0n) is 13.7. The second-order valence-corrected chi connectivity index (χ2v) is 4.98. The zero-order valence-corrected chi connectivity index (χ0v) is 13.7. The minimum Gasteiger partial charge on any atom is -0.477 e. The lowest BCUT2D eigenvalue weighted by molar-refractivity contribution is 0.0600. The first-order chi connectivity index (χ1) is 11.7. The highest BCUT2D eigenvalue weighted by atomic mass is 16.5. The lowest BCUT2D eigenvalue weighted by atomic mass is 10.1. The molecule has 1 aromatic carbocycles. The lowest BCUT2D eigenvalue weighted by Gasteiger charge is -2.09. The topological polar surface area (TPSA) is 77.5 Å². The van der Waals surface area contributed by atoms with Gasteiger partial charge in [-0.25, -0.2) is 9.78 Å². The van der Waals surface area contributed by atoms with Gasteiger partial charge in [0, 0.05) is 12.7 Å². The summed E-state index contributed by atoms with van der Waals surface area (Å²) in [5, 5.41) is 2.84. The summed E-state index contributed by atoms with van der Waals surface area (Å²) in [4.78, 5) is 27.7. The Balaban J connectivity index is 1.90. The highest BCUT2D eigenvalue weighted by molar-refractivity contribution is 5.96. The molecule has 0 saturated carbocycles. The molecule has 2 rings (SSSR count). The number of rotatable bonds is 7. The number of aromatic nitrogens is 1. The Bertz CT molecular complexity index is 698. The zero-order chi connectivity index (χ0) is 17.4. The largest absolute Gasteiger partial charge is 0.477 e. The van der Waals surface area contributed by atoms with Gasteiger partial charge in [-0.15, -0.1) is 0 Å². The van der Waals surface area contributed by atoms with E-state index in [1.165, 1.54) is 7.11 Å². The second kappa shape index (κ2) is 8.67. The van der Waals surface area contributed by atoms with Gasteiger partial charge >= 0.3 is 5.97 Å². The number of methoxy groups -OCH3 is 1. The lowest BCUT2D eigenvalue weighted by Crippen LogP contribution is -2.26. The van der Waals surface area contributed by atoms with Crippen LogP contribution in [0.4, 0.5) is 0 Å². The maximum absolute atomic E-state index is 12.2. The molecule has 1 heterocycles. The Morgan fingerprint density at radius 2 is 1.92 bits per heavy atom. The molecule has 6 nitrogen and oxygen atoms in total. The molecule has 0 bridgehead atoms. The van der Waals surface area contributed by atoms with Crippen LogP contribution in [0.2, 0.25) is 0 Å². The molecule has 0 aliphatic carbocycles. The van der Waals surface area contributed by atoms with Gasteiger partial charge in [-0.2, -0.15) is 0 Å². The molecule has 1 amide bonds. The second-order valence-electron chi connectivity index (χ2n) is 4.98. The van der Waals surface area contributed by atoms with Gasteiger partial charge in [0.15, 0.2) is 0 Å². The number of nitrogens with zero attached hydrogens (tertiary/aromatic N) is 1. The predicted octanol–water partition coefficient (Wildman–Crippen LogP) is 2.24. The molecule has 126 valence electrons. The van der Waals surface area contributed by atoms with E-state index < -0.39 is 0 Å². The molecule has 2 aromatic rings. The van der Waals surface area contributed by atoms with Crippen LogP contribution in [0.15, 0.2) is 42.6 Å². The average Bonchev–Trinajstić information content (AvgIpc) is 2.62. The average molecular weight is 328 g/mol. The SMILES string of the molecule is CCOc1ncccc1C(=O)NCCc1ccc(C(=O)OC)cc1. The summed E-state index contributed by atoms with van der Waals surface area (Å²) >= 11 is 0. The summed E-state index contributed by atoms with van der Waals surface area (Å²) in [6, 6.07) is 10.5. The smallest absolute Gasteiger partial charge is 0.337 e. The third kappa shape index (κ3) is 4.55. The number of carbonyl (C=O) groups is 2. The van der Waals surface area contributed by atoms with Gasteiger partial charge in [-0.1, -0.05) is 12.1 Å². The van der Waals surface area contributed by atoms with Crippen LogP contribution in [0.1, 0.15) is 33.2 Å². The summed E-state index contributed by atoms with van der Waals surface area (Å²) in [6.07, 6.45) is 2.24. The maximum atomic E-state index is 12.2. The first-order valence-electron chi connectivity index (χ1n) is 7.69. The number of nitrogens with one attached hydrogen (secondary N) is 1. The van der Waals surface area contributed by atoms with Crippen LogP contribution in [0.25, 0.3) is 0 Å². The van der Waals surface area contributed by atoms with Gasteiger partial charge in [0.1, 0.15) is 5.56 Å². The molecule has 24 heavy (non-hydrogen) atoms. The Hall–Kier alpha value is -2.89. The Labute approximate surface area is 140 Å². The number of carbonyl (C=O) groups excluding carboxylic acids is 2. The molecule has 1 aromatic heterocycles. The van der Waals surface area contributed by atoms with Crippen LogP contribution >= 0.6 is 0 Å². The minimum absolute atomic E-state index is 0.224. The van der Waals surface area contributed by atoms with Crippen LogP contribution in [-0.4, -0.2) is 37.1 Å². The van der Waals surface area contributed by atoms with Gasteiger partial charge < -0.3 is 14.8 Å². The quantitative estimate of drug-likeness (QED) is 0.789. The van der Waals surface area contributed by atoms with Crippen LogP contribution in [0.5, 0.6) is 5.88 Å². The molecular formula is C18H20N2O4. The van der Waals surface area contributed by atoms with Crippen molar-refractivity contribution in [1.82, 2.24) is 10.3 Å². The molecule has 0 radical (unpaired) electrons. The first kappa shape index (κ1) is 17.5. The van der Waals surface area contributed by atoms with Gasteiger partial charge in [0.2, 0.25) is 5.88 Å². The number of amides is 1. The van der Waals surface area contributed by atoms with Crippen molar-refractivity contribution in [3.8, 4) is 5.88 Å². The van der Waals surface area contributed by atoms with Crippen molar-refractivity contribution in [2.24, 2.45) is 0 Å². The number of ether oxygens (including phenoxy) is 2. The number of esters is 1. The fourth-order valence-corrected chi connectivity index (χ4v) is 2.16. The van der Waals surface area contributed by atoms with Crippen molar-refractivity contribution in [3.63, 3.8) is 0 Å². The van der Waals surface area contributed by atoms with Gasteiger partial charge in [0.05, 0.1) is 19.3 Å². The highest BCUT2D eigenvalue weighted by Gasteiger charge is 2.12. The van der Waals surface area contributed by atoms with Crippen LogP contribution in [0.3, 0.4) is 0 Å². The standard InChI is InChI=1S/C18H20N2O4/c1-3-24-17-15(5-4-11-20-17)16(21)19-12-10-13-6-8-14(9-7-13)18(22)23-2/h4-9,11H,3,10,12H2,1-2H3,(H,19,21). The Morgan fingerprint density at radius 3 is 2.58 bits per heavy atom. The Kier molecular flexibility index (Phi) is 6.31. The first-order valence-corrected chi connectivity index (χ1v) is 7.69. The normalized spacial score (nSPS) is 10.1. The molecule has 0 aliphatic heterocycles. The third-order valence-corrected chi connectivity index (χ3v) is 3.37. The molecule has 6 heteroatoms. The van der Waals surface area contributed by atoms with E-state index in [1.54, 1.807) is 30.5 Å². The third-order valence-electron chi connectivity index (χ3n) is 3.37. The van der Waals surface area contributed by atoms with Gasteiger partial charge in [0.25, 0.3) is 5.91 Å². The fraction of sp³-hybridized carbons (Fsp3) is 0.278. The van der Waals surface area contributed by atoms with E-state index in [4.69, 9.17) is 4.74 Å². The van der Waals surface area contributed by atoms with Crippen molar-refractivity contribution in [1.29, 1.82) is 0 Å². The van der Waals surface area contributed by atoms with Crippen molar-refractivity contribution >= 4 is 11.9 Å². The monoisotopic (exact) mass is 328 g/mol.